The van der Waals surface area contributed by atoms with Crippen molar-refractivity contribution < 1.29 is 4.79 Å². The first-order chi connectivity index (χ1) is 12.3. The highest BCUT2D eigenvalue weighted by atomic mass is 32.1. The topological polar surface area (TPSA) is 46.1 Å². The molecule has 4 rings (SSSR count). The summed E-state index contributed by atoms with van der Waals surface area (Å²) in [4.78, 5) is 24.2. The van der Waals surface area contributed by atoms with Crippen molar-refractivity contribution in [3.8, 4) is 0 Å². The Kier molecular flexibility index (Phi) is 4.74. The number of hydrogen-bond donors (Lipinski definition) is 0. The number of rotatable bonds is 4. The Labute approximate surface area is 151 Å². The van der Waals surface area contributed by atoms with Crippen LogP contribution in [0.4, 0.5) is 5.13 Å². The molecule has 0 saturated heterocycles. The molecule has 1 aliphatic rings. The highest BCUT2D eigenvalue weighted by molar-refractivity contribution is 7.22. The van der Waals surface area contributed by atoms with E-state index in [2.05, 4.69) is 11.1 Å². The predicted molar refractivity (Wildman–Crippen MR) is 102 cm³/mol. The molecule has 2 heterocycles. The van der Waals surface area contributed by atoms with Crippen LogP contribution in [0, 0.1) is 5.92 Å². The lowest BCUT2D eigenvalue weighted by Gasteiger charge is -2.27. The van der Waals surface area contributed by atoms with Gasteiger partial charge < -0.3 is 0 Å². The lowest BCUT2D eigenvalue weighted by atomic mass is 9.88. The summed E-state index contributed by atoms with van der Waals surface area (Å²) in [5.41, 5.74) is 1.84. The zero-order valence-electron chi connectivity index (χ0n) is 14.1. The molecule has 4 nitrogen and oxygen atoms in total. The van der Waals surface area contributed by atoms with Gasteiger partial charge in [-0.15, -0.1) is 0 Å². The van der Waals surface area contributed by atoms with Crippen LogP contribution in [0.3, 0.4) is 0 Å². The second-order valence-corrected chi connectivity index (χ2v) is 7.55. The number of pyridine rings is 1. The fourth-order valence-electron chi connectivity index (χ4n) is 3.44. The first-order valence-electron chi connectivity index (χ1n) is 8.88. The summed E-state index contributed by atoms with van der Waals surface area (Å²) in [5.74, 6) is 0.314. The molecule has 1 aliphatic carbocycles. The number of benzene rings is 1. The molecule has 128 valence electrons. The van der Waals surface area contributed by atoms with Crippen molar-refractivity contribution in [3.63, 3.8) is 0 Å². The van der Waals surface area contributed by atoms with E-state index in [1.165, 1.54) is 6.42 Å². The van der Waals surface area contributed by atoms with E-state index in [4.69, 9.17) is 4.98 Å². The van der Waals surface area contributed by atoms with E-state index < -0.39 is 0 Å². The van der Waals surface area contributed by atoms with Gasteiger partial charge in [0.25, 0.3) is 0 Å². The standard InChI is InChI=1S/C20H21N3OS/c24-19(15-8-2-1-3-9-15)23(14-16-10-6-7-13-21-16)20-22-17-11-4-5-12-18(17)25-20/h4-7,10-13,15H,1-3,8-9,14H2. The van der Waals surface area contributed by atoms with E-state index >= 15 is 0 Å². The predicted octanol–water partition coefficient (Wildman–Crippen LogP) is 4.80. The first kappa shape index (κ1) is 16.2. The van der Waals surface area contributed by atoms with Crippen molar-refractivity contribution in [1.82, 2.24) is 9.97 Å². The molecule has 25 heavy (non-hydrogen) atoms. The Balaban J connectivity index is 1.68. The average molecular weight is 351 g/mol. The normalized spacial score (nSPS) is 15.4. The van der Waals surface area contributed by atoms with Crippen LogP contribution in [-0.4, -0.2) is 15.9 Å². The average Bonchev–Trinajstić information content (AvgIpc) is 3.11. The molecule has 1 aromatic carbocycles. The SMILES string of the molecule is O=C(C1CCCCC1)N(Cc1ccccn1)c1nc2ccccc2s1. The molecule has 0 atom stereocenters. The summed E-state index contributed by atoms with van der Waals surface area (Å²) >= 11 is 1.58. The summed E-state index contributed by atoms with van der Waals surface area (Å²) in [6, 6.07) is 13.9. The van der Waals surface area contributed by atoms with Crippen molar-refractivity contribution in [1.29, 1.82) is 0 Å². The Morgan fingerprint density at radius 1 is 1.08 bits per heavy atom. The quantitative estimate of drug-likeness (QED) is 0.678. The summed E-state index contributed by atoms with van der Waals surface area (Å²) in [5, 5.41) is 0.780. The van der Waals surface area contributed by atoms with Gasteiger partial charge >= 0.3 is 0 Å². The molecule has 5 heteroatoms. The van der Waals surface area contributed by atoms with E-state index in [1.807, 2.05) is 41.3 Å². The van der Waals surface area contributed by atoms with Gasteiger partial charge in [-0.3, -0.25) is 14.7 Å². The van der Waals surface area contributed by atoms with Crippen LogP contribution in [0.15, 0.2) is 48.7 Å². The van der Waals surface area contributed by atoms with Gasteiger partial charge in [0.1, 0.15) is 0 Å². The number of amides is 1. The summed E-state index contributed by atoms with van der Waals surface area (Å²) in [6.07, 6.45) is 7.29. The lowest BCUT2D eigenvalue weighted by molar-refractivity contribution is -0.123. The van der Waals surface area contributed by atoms with E-state index in [0.29, 0.717) is 6.54 Å². The highest BCUT2D eigenvalue weighted by Crippen LogP contribution is 2.33. The van der Waals surface area contributed by atoms with Gasteiger partial charge in [0.2, 0.25) is 5.91 Å². The van der Waals surface area contributed by atoms with Crippen LogP contribution >= 0.6 is 11.3 Å². The third kappa shape index (κ3) is 3.56. The molecule has 0 unspecified atom stereocenters. The number of fused-ring (bicyclic) bond motifs is 1. The molecule has 0 N–H and O–H groups in total. The summed E-state index contributed by atoms with van der Waals surface area (Å²) in [7, 11) is 0. The van der Waals surface area contributed by atoms with Crippen molar-refractivity contribution in [2.75, 3.05) is 4.90 Å². The van der Waals surface area contributed by atoms with Crippen LogP contribution in [-0.2, 0) is 11.3 Å². The largest absolute Gasteiger partial charge is 0.282 e. The minimum atomic E-state index is 0.115. The second-order valence-electron chi connectivity index (χ2n) is 6.54. The smallest absolute Gasteiger partial charge is 0.232 e. The van der Waals surface area contributed by atoms with Crippen LogP contribution in [0.2, 0.25) is 0 Å². The van der Waals surface area contributed by atoms with Crippen molar-refractivity contribution >= 4 is 32.6 Å². The fraction of sp³-hybridized carbons (Fsp3) is 0.350. The molecule has 1 fully saturated rings. The second kappa shape index (κ2) is 7.31. The first-order valence-corrected chi connectivity index (χ1v) is 9.70. The number of hydrogen-bond acceptors (Lipinski definition) is 4. The zero-order valence-corrected chi connectivity index (χ0v) is 14.9. The third-order valence-electron chi connectivity index (χ3n) is 4.78. The number of aromatic nitrogens is 2. The van der Waals surface area contributed by atoms with Gasteiger partial charge in [0, 0.05) is 12.1 Å². The van der Waals surface area contributed by atoms with Gasteiger partial charge in [-0.1, -0.05) is 48.8 Å². The van der Waals surface area contributed by atoms with Crippen molar-refractivity contribution in [2.45, 2.75) is 38.6 Å². The lowest BCUT2D eigenvalue weighted by Crippen LogP contribution is -2.36. The molecule has 1 saturated carbocycles. The highest BCUT2D eigenvalue weighted by Gasteiger charge is 2.29. The fourth-order valence-corrected chi connectivity index (χ4v) is 4.41. The monoisotopic (exact) mass is 351 g/mol. The van der Waals surface area contributed by atoms with E-state index in [9.17, 15) is 4.79 Å². The number of para-hydroxylation sites is 1. The minimum absolute atomic E-state index is 0.115. The maximum atomic E-state index is 13.2. The van der Waals surface area contributed by atoms with Crippen LogP contribution in [0.1, 0.15) is 37.8 Å². The van der Waals surface area contributed by atoms with E-state index in [0.717, 1.165) is 46.7 Å². The van der Waals surface area contributed by atoms with Gasteiger partial charge in [-0.25, -0.2) is 4.98 Å². The van der Waals surface area contributed by atoms with Crippen molar-refractivity contribution in [3.05, 3.63) is 54.4 Å². The molecule has 0 radical (unpaired) electrons. The Hall–Kier alpha value is -2.27. The molecule has 3 aromatic rings. The number of carbonyl (C=O) groups excluding carboxylic acids is 1. The van der Waals surface area contributed by atoms with E-state index in [1.54, 1.807) is 17.5 Å². The van der Waals surface area contributed by atoms with Gasteiger partial charge in [-0.2, -0.15) is 0 Å². The molecule has 0 aliphatic heterocycles. The maximum absolute atomic E-state index is 13.2. The maximum Gasteiger partial charge on any atom is 0.232 e. The number of carbonyl (C=O) groups is 1. The van der Waals surface area contributed by atoms with Crippen LogP contribution in [0.5, 0.6) is 0 Å². The van der Waals surface area contributed by atoms with Gasteiger partial charge in [0.15, 0.2) is 5.13 Å². The summed E-state index contributed by atoms with van der Waals surface area (Å²) < 4.78 is 1.11. The number of nitrogens with zero attached hydrogens (tertiary/aromatic N) is 3. The molecular weight excluding hydrogens is 330 g/mol. The molecule has 0 spiro atoms. The summed E-state index contributed by atoms with van der Waals surface area (Å²) in [6.45, 7) is 0.482. The number of thiazole rings is 1. The van der Waals surface area contributed by atoms with Gasteiger partial charge in [0.05, 0.1) is 22.5 Å². The molecule has 1 amide bonds. The molecule has 2 aromatic heterocycles. The van der Waals surface area contributed by atoms with Crippen LogP contribution in [0.25, 0.3) is 10.2 Å². The van der Waals surface area contributed by atoms with Gasteiger partial charge in [-0.05, 0) is 37.1 Å². The zero-order chi connectivity index (χ0) is 17.1. The number of anilines is 1. The Bertz CT molecular complexity index is 823. The Morgan fingerprint density at radius 3 is 2.64 bits per heavy atom. The van der Waals surface area contributed by atoms with Crippen molar-refractivity contribution in [2.24, 2.45) is 5.92 Å². The van der Waals surface area contributed by atoms with E-state index in [-0.39, 0.29) is 11.8 Å². The Morgan fingerprint density at radius 2 is 1.88 bits per heavy atom. The third-order valence-corrected chi connectivity index (χ3v) is 5.84. The van der Waals surface area contributed by atoms with Crippen LogP contribution < -0.4 is 4.90 Å². The molecule has 0 bridgehead atoms. The minimum Gasteiger partial charge on any atom is -0.282 e. The molecular formula is C20H21N3OS.